The molecule has 0 aliphatic heterocycles. The Kier molecular flexibility index (Phi) is 9.97. The number of nitrogens with zero attached hydrogens (tertiary/aromatic N) is 1. The van der Waals surface area contributed by atoms with E-state index in [0.717, 1.165) is 18.6 Å². The van der Waals surface area contributed by atoms with Gasteiger partial charge in [0.25, 0.3) is 0 Å². The molecule has 0 spiro atoms. The van der Waals surface area contributed by atoms with Gasteiger partial charge in [-0.1, -0.05) is 95.0 Å². The molecule has 0 saturated heterocycles. The summed E-state index contributed by atoms with van der Waals surface area (Å²) < 4.78 is 11.5. The molecule has 0 unspecified atom stereocenters. The van der Waals surface area contributed by atoms with Crippen molar-refractivity contribution in [2.45, 2.75) is 77.6 Å². The third-order valence-electron chi connectivity index (χ3n) is 6.25. The molecule has 0 aliphatic rings. The Morgan fingerprint density at radius 1 is 0.861 bits per heavy atom. The van der Waals surface area contributed by atoms with Crippen molar-refractivity contribution in [1.82, 2.24) is 4.98 Å². The van der Waals surface area contributed by atoms with Gasteiger partial charge in [-0.25, -0.2) is 4.79 Å². The normalized spacial score (nSPS) is 11.1. The maximum atomic E-state index is 12.7. The molecule has 4 aromatic rings. The summed E-state index contributed by atoms with van der Waals surface area (Å²) in [6.07, 6.45) is 14.1. The Morgan fingerprint density at radius 2 is 1.53 bits per heavy atom. The Balaban J connectivity index is 1.31. The molecule has 2 aromatic carbocycles. The van der Waals surface area contributed by atoms with Gasteiger partial charge in [-0.15, -0.1) is 11.3 Å². The van der Waals surface area contributed by atoms with E-state index in [2.05, 4.69) is 17.2 Å². The maximum Gasteiger partial charge on any atom is 0.349 e. The molecule has 0 atom stereocenters. The minimum Gasteiger partial charge on any atom is -0.455 e. The zero-order chi connectivity index (χ0) is 25.0. The molecular formula is C30H36N2O3S. The van der Waals surface area contributed by atoms with Crippen molar-refractivity contribution in [3.63, 3.8) is 0 Å². The highest BCUT2D eigenvalue weighted by molar-refractivity contribution is 7.18. The summed E-state index contributed by atoms with van der Waals surface area (Å²) in [7, 11) is 0. The van der Waals surface area contributed by atoms with E-state index in [1.165, 1.54) is 62.7 Å². The van der Waals surface area contributed by atoms with Crippen molar-refractivity contribution < 1.29 is 9.15 Å². The van der Waals surface area contributed by atoms with Gasteiger partial charge in [-0.3, -0.25) is 0 Å². The van der Waals surface area contributed by atoms with Crippen LogP contribution in [0.15, 0.2) is 69.9 Å². The van der Waals surface area contributed by atoms with E-state index in [9.17, 15) is 4.79 Å². The number of anilines is 2. The van der Waals surface area contributed by atoms with Crippen LogP contribution in [-0.2, 0) is 6.42 Å². The van der Waals surface area contributed by atoms with Crippen LogP contribution in [0.3, 0.4) is 0 Å². The SMILES string of the molecule is CCCCCCCCCCCCc1cc2c(=O)oc(Nc3ccccc3Oc3ccccc3)nc2s1. The molecule has 4 rings (SSSR count). The number of aryl methyl sites for hydroxylation is 1. The number of unbranched alkanes of at least 4 members (excludes halogenated alkanes) is 9. The van der Waals surface area contributed by atoms with Crippen molar-refractivity contribution >= 4 is 33.3 Å². The Bertz CT molecular complexity index is 1270. The van der Waals surface area contributed by atoms with Gasteiger partial charge in [0.1, 0.15) is 10.6 Å². The average Bonchev–Trinajstić information content (AvgIpc) is 3.30. The molecule has 5 nitrogen and oxygen atoms in total. The number of hydrogen-bond acceptors (Lipinski definition) is 6. The summed E-state index contributed by atoms with van der Waals surface area (Å²) in [5, 5.41) is 3.68. The van der Waals surface area contributed by atoms with Gasteiger partial charge < -0.3 is 14.5 Å². The number of hydrogen-bond donors (Lipinski definition) is 1. The minimum absolute atomic E-state index is 0.170. The average molecular weight is 505 g/mol. The number of ether oxygens (including phenoxy) is 1. The van der Waals surface area contributed by atoms with Crippen LogP contribution in [0.2, 0.25) is 0 Å². The minimum atomic E-state index is -0.366. The van der Waals surface area contributed by atoms with E-state index in [-0.39, 0.29) is 11.6 Å². The van der Waals surface area contributed by atoms with E-state index in [4.69, 9.17) is 9.15 Å². The van der Waals surface area contributed by atoms with Crippen molar-refractivity contribution in [2.75, 3.05) is 5.32 Å². The molecule has 0 saturated carbocycles. The van der Waals surface area contributed by atoms with Crippen LogP contribution in [0.4, 0.5) is 11.7 Å². The number of aromatic nitrogens is 1. The van der Waals surface area contributed by atoms with Crippen molar-refractivity contribution in [3.8, 4) is 11.5 Å². The lowest BCUT2D eigenvalue weighted by molar-refractivity contribution is 0.482. The molecule has 0 fully saturated rings. The van der Waals surface area contributed by atoms with E-state index in [1.54, 1.807) is 11.3 Å². The number of benzene rings is 2. The monoisotopic (exact) mass is 504 g/mol. The van der Waals surface area contributed by atoms with E-state index >= 15 is 0 Å². The largest absolute Gasteiger partial charge is 0.455 e. The summed E-state index contributed by atoms with van der Waals surface area (Å²) in [5.41, 5.74) is 0.313. The Morgan fingerprint density at radius 3 is 2.28 bits per heavy atom. The van der Waals surface area contributed by atoms with Gasteiger partial charge in [-0.05, 0) is 43.2 Å². The molecule has 0 radical (unpaired) electrons. The third kappa shape index (κ3) is 7.69. The lowest BCUT2D eigenvalue weighted by atomic mass is 10.1. The van der Waals surface area contributed by atoms with Crippen LogP contribution in [0.1, 0.15) is 76.0 Å². The number of nitrogens with one attached hydrogen (secondary N) is 1. The van der Waals surface area contributed by atoms with Gasteiger partial charge in [0.15, 0.2) is 5.75 Å². The van der Waals surface area contributed by atoms with Crippen molar-refractivity contribution in [2.24, 2.45) is 0 Å². The number of fused-ring (bicyclic) bond motifs is 1. The molecule has 0 aliphatic carbocycles. The molecule has 0 amide bonds. The topological polar surface area (TPSA) is 64.4 Å². The summed E-state index contributed by atoms with van der Waals surface area (Å²) in [5.74, 6) is 1.35. The maximum absolute atomic E-state index is 12.7. The number of rotatable bonds is 15. The highest BCUT2D eigenvalue weighted by Crippen LogP contribution is 2.32. The lowest BCUT2D eigenvalue weighted by Crippen LogP contribution is -2.04. The van der Waals surface area contributed by atoms with Crippen LogP contribution in [0, 0.1) is 0 Å². The summed E-state index contributed by atoms with van der Waals surface area (Å²) in [6.45, 7) is 2.26. The number of thiophene rings is 1. The predicted octanol–water partition coefficient (Wildman–Crippen LogP) is 9.25. The zero-order valence-electron chi connectivity index (χ0n) is 21.1. The first-order valence-corrected chi connectivity index (χ1v) is 14.1. The fraction of sp³-hybridized carbons (Fsp3) is 0.400. The van der Waals surface area contributed by atoms with E-state index in [0.29, 0.717) is 21.7 Å². The second-order valence-electron chi connectivity index (χ2n) is 9.21. The smallest absolute Gasteiger partial charge is 0.349 e. The highest BCUT2D eigenvalue weighted by Gasteiger charge is 2.13. The van der Waals surface area contributed by atoms with Gasteiger partial charge in [0, 0.05) is 4.88 Å². The third-order valence-corrected chi connectivity index (χ3v) is 7.34. The fourth-order valence-electron chi connectivity index (χ4n) is 4.27. The van der Waals surface area contributed by atoms with E-state index in [1.807, 2.05) is 60.7 Å². The predicted molar refractivity (Wildman–Crippen MR) is 150 cm³/mol. The van der Waals surface area contributed by atoms with Crippen LogP contribution >= 0.6 is 11.3 Å². The van der Waals surface area contributed by atoms with Crippen LogP contribution in [0.25, 0.3) is 10.2 Å². The van der Waals surface area contributed by atoms with Gasteiger partial charge >= 0.3 is 11.6 Å². The molecule has 0 bridgehead atoms. The highest BCUT2D eigenvalue weighted by atomic mass is 32.1. The summed E-state index contributed by atoms with van der Waals surface area (Å²) >= 11 is 1.58. The Labute approximate surface area is 217 Å². The quantitative estimate of drug-likeness (QED) is 0.163. The molecule has 36 heavy (non-hydrogen) atoms. The summed E-state index contributed by atoms with van der Waals surface area (Å²) in [6, 6.07) is 19.2. The second kappa shape index (κ2) is 13.8. The second-order valence-corrected chi connectivity index (χ2v) is 10.3. The van der Waals surface area contributed by atoms with Crippen molar-refractivity contribution in [1.29, 1.82) is 0 Å². The standard InChI is InChI=1S/C30H36N2O3S/c1-2-3-4-5-6-7-8-9-10-14-19-24-22-25-28(36-24)32-30(35-29(25)33)31-26-20-15-16-21-27(26)34-23-17-12-11-13-18-23/h11-13,15-18,20-22H,2-10,14,19H2,1H3,(H,31,32). The van der Waals surface area contributed by atoms with Crippen LogP contribution < -0.4 is 15.7 Å². The van der Waals surface area contributed by atoms with Crippen LogP contribution in [0.5, 0.6) is 11.5 Å². The fourth-order valence-corrected chi connectivity index (χ4v) is 5.32. The van der Waals surface area contributed by atoms with E-state index < -0.39 is 0 Å². The molecule has 2 heterocycles. The first kappa shape index (κ1) is 26.0. The molecule has 6 heteroatoms. The van der Waals surface area contributed by atoms with Gasteiger partial charge in [0.2, 0.25) is 0 Å². The molecule has 190 valence electrons. The van der Waals surface area contributed by atoms with Gasteiger partial charge in [0.05, 0.1) is 11.1 Å². The lowest BCUT2D eigenvalue weighted by Gasteiger charge is -2.11. The molecule has 1 N–H and O–H groups in total. The molecular weight excluding hydrogens is 468 g/mol. The zero-order valence-corrected chi connectivity index (χ0v) is 21.9. The first-order valence-electron chi connectivity index (χ1n) is 13.3. The van der Waals surface area contributed by atoms with Gasteiger partial charge in [-0.2, -0.15) is 4.98 Å². The Hall–Kier alpha value is -3.12. The van der Waals surface area contributed by atoms with Crippen molar-refractivity contribution in [3.05, 3.63) is 76.0 Å². The summed E-state index contributed by atoms with van der Waals surface area (Å²) in [4.78, 5) is 19.1. The van der Waals surface area contributed by atoms with Crippen LogP contribution in [-0.4, -0.2) is 4.98 Å². The molecule has 2 aromatic heterocycles. The number of para-hydroxylation sites is 3. The first-order chi connectivity index (χ1) is 17.7.